The molecule has 212 valence electrons. The van der Waals surface area contributed by atoms with Gasteiger partial charge in [0, 0.05) is 23.7 Å². The fourth-order valence-electron chi connectivity index (χ4n) is 4.09. The molecule has 0 bridgehead atoms. The zero-order chi connectivity index (χ0) is 28.0. The monoisotopic (exact) mass is 536 g/mol. The molecule has 0 amide bonds. The zero-order valence-electron chi connectivity index (χ0n) is 22.9. The third-order valence-corrected chi connectivity index (χ3v) is 6.14. The molecule has 1 aromatic heterocycles. The van der Waals surface area contributed by atoms with Gasteiger partial charge < -0.3 is 39.0 Å². The van der Waals surface area contributed by atoms with Crippen molar-refractivity contribution in [2.24, 2.45) is 5.92 Å². The lowest BCUT2D eigenvalue weighted by molar-refractivity contribution is -0.278. The number of carbonyl (C=O) groups is 1. The number of carbonyl (C=O) groups excluding carboxylic acids is 1. The highest BCUT2D eigenvalue weighted by atomic mass is 16.7. The van der Waals surface area contributed by atoms with Crippen LogP contribution in [0.3, 0.4) is 0 Å². The fraction of sp³-hybridized carbons (Fsp3) is 0.630. The SMILES string of the molecule is CCOc1ccc(Cc2c(O[C@@H]3O[C@H](COC(=O)OCC(C)C)[C@@H](O)[C@H](O)[C@H]3O)nn(C(C)C)c2C)cc1. The van der Waals surface area contributed by atoms with Crippen LogP contribution in [0.4, 0.5) is 4.79 Å². The van der Waals surface area contributed by atoms with E-state index in [1.807, 2.05) is 70.5 Å². The number of ether oxygens (including phenoxy) is 5. The molecule has 1 aliphatic heterocycles. The van der Waals surface area contributed by atoms with Crippen LogP contribution < -0.4 is 9.47 Å². The number of aliphatic hydroxyl groups excluding tert-OH is 3. The van der Waals surface area contributed by atoms with Crippen LogP contribution >= 0.6 is 0 Å². The standard InChI is InChI=1S/C27H40N2O9/c1-7-34-19-10-8-18(9-11-19)12-20-17(6)29(16(4)5)28-25(20)38-26-24(32)23(31)22(30)21(37-26)14-36-27(33)35-13-15(2)3/h8-11,15-16,21-24,26,30-32H,7,12-14H2,1-6H3/t21-,22-,23+,24-,26+/m1/s1. The molecular formula is C27H40N2O9. The molecule has 2 heterocycles. The Morgan fingerprint density at radius 3 is 2.34 bits per heavy atom. The predicted molar refractivity (Wildman–Crippen MR) is 137 cm³/mol. The Hall–Kier alpha value is -2.86. The Labute approximate surface area is 223 Å². The Morgan fingerprint density at radius 1 is 1.05 bits per heavy atom. The van der Waals surface area contributed by atoms with Gasteiger partial charge in [-0.25, -0.2) is 4.79 Å². The number of benzene rings is 1. The molecule has 11 nitrogen and oxygen atoms in total. The summed E-state index contributed by atoms with van der Waals surface area (Å²) >= 11 is 0. The van der Waals surface area contributed by atoms with E-state index in [1.165, 1.54) is 0 Å². The molecule has 0 saturated carbocycles. The van der Waals surface area contributed by atoms with Crippen LogP contribution in [0.15, 0.2) is 24.3 Å². The van der Waals surface area contributed by atoms with Crippen molar-refractivity contribution in [2.75, 3.05) is 19.8 Å². The van der Waals surface area contributed by atoms with E-state index in [2.05, 4.69) is 5.10 Å². The van der Waals surface area contributed by atoms with Crippen LogP contribution in [0.5, 0.6) is 11.6 Å². The van der Waals surface area contributed by atoms with Gasteiger partial charge in [0.05, 0.1) is 13.2 Å². The molecule has 1 aliphatic rings. The average molecular weight is 537 g/mol. The van der Waals surface area contributed by atoms with Crippen LogP contribution in [-0.2, 0) is 20.6 Å². The van der Waals surface area contributed by atoms with Crippen molar-refractivity contribution in [1.82, 2.24) is 9.78 Å². The topological polar surface area (TPSA) is 142 Å². The highest BCUT2D eigenvalue weighted by molar-refractivity contribution is 5.59. The minimum absolute atomic E-state index is 0.0361. The van der Waals surface area contributed by atoms with E-state index in [4.69, 9.17) is 23.7 Å². The minimum atomic E-state index is -1.60. The maximum atomic E-state index is 11.8. The normalized spacial score (nSPS) is 23.5. The Balaban J connectivity index is 1.78. The Bertz CT molecular complexity index is 1040. The van der Waals surface area contributed by atoms with Gasteiger partial charge in [-0.15, -0.1) is 5.10 Å². The summed E-state index contributed by atoms with van der Waals surface area (Å²) in [6, 6.07) is 7.74. The van der Waals surface area contributed by atoms with E-state index in [0.717, 1.165) is 22.6 Å². The molecule has 1 aromatic carbocycles. The van der Waals surface area contributed by atoms with E-state index in [1.54, 1.807) is 0 Å². The largest absolute Gasteiger partial charge is 0.508 e. The highest BCUT2D eigenvalue weighted by Gasteiger charge is 2.46. The summed E-state index contributed by atoms with van der Waals surface area (Å²) < 4.78 is 29.1. The van der Waals surface area contributed by atoms with Crippen molar-refractivity contribution in [3.05, 3.63) is 41.1 Å². The summed E-state index contributed by atoms with van der Waals surface area (Å²) in [4.78, 5) is 11.8. The van der Waals surface area contributed by atoms with E-state index >= 15 is 0 Å². The predicted octanol–water partition coefficient (Wildman–Crippen LogP) is 2.76. The van der Waals surface area contributed by atoms with Gasteiger partial charge in [-0.1, -0.05) is 26.0 Å². The molecule has 2 aromatic rings. The molecule has 0 radical (unpaired) electrons. The maximum Gasteiger partial charge on any atom is 0.508 e. The highest BCUT2D eigenvalue weighted by Crippen LogP contribution is 2.31. The number of hydrogen-bond donors (Lipinski definition) is 3. The van der Waals surface area contributed by atoms with Crippen molar-refractivity contribution >= 4 is 6.16 Å². The summed E-state index contributed by atoms with van der Waals surface area (Å²) in [6.45, 7) is 11.9. The third kappa shape index (κ3) is 7.37. The molecule has 0 spiro atoms. The van der Waals surface area contributed by atoms with Crippen LogP contribution in [-0.4, -0.2) is 81.8 Å². The summed E-state index contributed by atoms with van der Waals surface area (Å²) in [5.41, 5.74) is 2.66. The van der Waals surface area contributed by atoms with E-state index in [-0.39, 0.29) is 24.4 Å². The molecule has 38 heavy (non-hydrogen) atoms. The zero-order valence-corrected chi connectivity index (χ0v) is 22.9. The first-order valence-corrected chi connectivity index (χ1v) is 13.0. The molecular weight excluding hydrogens is 496 g/mol. The van der Waals surface area contributed by atoms with Gasteiger partial charge in [0.15, 0.2) is 0 Å². The summed E-state index contributed by atoms with van der Waals surface area (Å²) in [5, 5.41) is 36.1. The second kappa shape index (κ2) is 13.3. The maximum absolute atomic E-state index is 11.8. The van der Waals surface area contributed by atoms with E-state index in [9.17, 15) is 20.1 Å². The van der Waals surface area contributed by atoms with Crippen LogP contribution in [0, 0.1) is 12.8 Å². The minimum Gasteiger partial charge on any atom is -0.494 e. The average Bonchev–Trinajstić information content (AvgIpc) is 3.18. The third-order valence-electron chi connectivity index (χ3n) is 6.14. The van der Waals surface area contributed by atoms with Crippen LogP contribution in [0.25, 0.3) is 0 Å². The molecule has 11 heteroatoms. The molecule has 5 atom stereocenters. The van der Waals surface area contributed by atoms with Crippen molar-refractivity contribution in [3.8, 4) is 11.6 Å². The quantitative estimate of drug-likeness (QED) is 0.367. The molecule has 0 unspecified atom stereocenters. The van der Waals surface area contributed by atoms with E-state index in [0.29, 0.717) is 13.0 Å². The Kier molecular flexibility index (Phi) is 10.4. The number of aliphatic hydroxyl groups is 3. The molecule has 0 aliphatic carbocycles. The number of aromatic nitrogens is 2. The number of rotatable bonds is 11. The van der Waals surface area contributed by atoms with Crippen molar-refractivity contribution in [3.63, 3.8) is 0 Å². The summed E-state index contributed by atoms with van der Waals surface area (Å²) in [7, 11) is 0. The lowest BCUT2D eigenvalue weighted by Crippen LogP contribution is -2.60. The van der Waals surface area contributed by atoms with Crippen molar-refractivity contribution < 1.29 is 43.8 Å². The van der Waals surface area contributed by atoms with Crippen LogP contribution in [0.1, 0.15) is 57.5 Å². The van der Waals surface area contributed by atoms with Crippen molar-refractivity contribution in [1.29, 1.82) is 0 Å². The van der Waals surface area contributed by atoms with Crippen LogP contribution in [0.2, 0.25) is 0 Å². The van der Waals surface area contributed by atoms with Crippen molar-refractivity contribution in [2.45, 2.75) is 84.7 Å². The van der Waals surface area contributed by atoms with Gasteiger partial charge in [-0.3, -0.25) is 4.68 Å². The smallest absolute Gasteiger partial charge is 0.494 e. The lowest BCUT2D eigenvalue weighted by Gasteiger charge is -2.39. The fourth-order valence-corrected chi connectivity index (χ4v) is 4.09. The van der Waals surface area contributed by atoms with Gasteiger partial charge in [-0.2, -0.15) is 0 Å². The number of nitrogens with zero attached hydrogens (tertiary/aromatic N) is 2. The first-order chi connectivity index (χ1) is 18.0. The molecule has 3 rings (SSSR count). The van der Waals surface area contributed by atoms with Gasteiger partial charge in [0.1, 0.15) is 36.8 Å². The summed E-state index contributed by atoms with van der Waals surface area (Å²) in [5.74, 6) is 1.13. The first-order valence-electron chi connectivity index (χ1n) is 13.0. The Morgan fingerprint density at radius 2 is 1.74 bits per heavy atom. The molecule has 1 fully saturated rings. The summed E-state index contributed by atoms with van der Waals surface area (Å²) in [6.07, 6.45) is -7.65. The first kappa shape index (κ1) is 29.7. The second-order valence-electron chi connectivity index (χ2n) is 10.1. The molecule has 1 saturated heterocycles. The van der Waals surface area contributed by atoms with Gasteiger partial charge in [-0.05, 0) is 51.3 Å². The second-order valence-corrected chi connectivity index (χ2v) is 10.1. The van der Waals surface area contributed by atoms with E-state index < -0.39 is 43.5 Å². The molecule has 3 N–H and O–H groups in total. The lowest BCUT2D eigenvalue weighted by atomic mass is 9.99. The van der Waals surface area contributed by atoms with Gasteiger partial charge in [0.25, 0.3) is 0 Å². The number of hydrogen-bond acceptors (Lipinski definition) is 10. The van der Waals surface area contributed by atoms with Gasteiger partial charge >= 0.3 is 6.16 Å². The van der Waals surface area contributed by atoms with Gasteiger partial charge in [0.2, 0.25) is 12.2 Å².